The Morgan fingerprint density at radius 2 is 1.96 bits per heavy atom. The van der Waals surface area contributed by atoms with E-state index in [1.807, 2.05) is 0 Å². The van der Waals surface area contributed by atoms with Gasteiger partial charge >= 0.3 is 0 Å². The first-order chi connectivity index (χ1) is 11.5. The first-order valence-corrected chi connectivity index (χ1v) is 9.94. The van der Waals surface area contributed by atoms with Crippen molar-refractivity contribution >= 4 is 11.6 Å². The third-order valence-corrected chi connectivity index (χ3v) is 6.18. The maximum absolute atomic E-state index is 6.74. The van der Waals surface area contributed by atoms with Crippen LogP contribution in [0, 0.1) is 5.41 Å². The van der Waals surface area contributed by atoms with E-state index < -0.39 is 0 Å². The maximum Gasteiger partial charge on any atom is 0.0717 e. The molecule has 1 aromatic rings. The van der Waals surface area contributed by atoms with Gasteiger partial charge in [0.05, 0.1) is 13.2 Å². The van der Waals surface area contributed by atoms with Crippen molar-refractivity contribution in [2.24, 2.45) is 5.41 Å². The normalized spacial score (nSPS) is 19.7. The molecule has 3 heteroatoms. The molecule has 1 heterocycles. The summed E-state index contributed by atoms with van der Waals surface area (Å²) in [6.45, 7) is 10.5. The molecule has 1 N–H and O–H groups in total. The highest BCUT2D eigenvalue weighted by Gasteiger charge is 2.41. The monoisotopic (exact) mass is 349 g/mol. The van der Waals surface area contributed by atoms with Gasteiger partial charge in [-0.1, -0.05) is 44.9 Å². The second-order valence-corrected chi connectivity index (χ2v) is 8.96. The minimum absolute atomic E-state index is 0.258. The van der Waals surface area contributed by atoms with Crippen LogP contribution in [-0.4, -0.2) is 19.7 Å². The number of hydrogen-bond donors (Lipinski definition) is 1. The highest BCUT2D eigenvalue weighted by atomic mass is 35.5. The van der Waals surface area contributed by atoms with E-state index in [4.69, 9.17) is 16.3 Å². The number of aryl methyl sites for hydroxylation is 1. The number of ether oxygens (including phenoxy) is 1. The molecular weight excluding hydrogens is 318 g/mol. The van der Waals surface area contributed by atoms with Gasteiger partial charge in [-0.25, -0.2) is 0 Å². The van der Waals surface area contributed by atoms with Crippen molar-refractivity contribution in [3.05, 3.63) is 33.8 Å². The van der Waals surface area contributed by atoms with Gasteiger partial charge in [-0.3, -0.25) is 0 Å². The number of benzene rings is 1. The third kappa shape index (κ3) is 3.81. The lowest BCUT2D eigenvalue weighted by Gasteiger charge is -2.35. The second kappa shape index (κ2) is 7.35. The quantitative estimate of drug-likeness (QED) is 0.757. The molecule has 2 nitrogen and oxygen atoms in total. The van der Waals surface area contributed by atoms with Gasteiger partial charge in [0.15, 0.2) is 0 Å². The number of nitrogens with one attached hydrogen (secondary N) is 1. The number of fused-ring (bicyclic) bond motifs is 2. The molecule has 1 aliphatic heterocycles. The topological polar surface area (TPSA) is 21.3 Å². The Labute approximate surface area is 152 Å². The molecule has 2 aliphatic rings. The number of hydrogen-bond acceptors (Lipinski definition) is 2. The van der Waals surface area contributed by atoms with Crippen LogP contribution in [0.5, 0.6) is 0 Å². The zero-order valence-corrected chi connectivity index (χ0v) is 16.3. The molecular formula is C21H32ClNO. The summed E-state index contributed by atoms with van der Waals surface area (Å²) in [5.41, 5.74) is 4.74. The van der Waals surface area contributed by atoms with E-state index in [9.17, 15) is 0 Å². The van der Waals surface area contributed by atoms with Gasteiger partial charge in [0.2, 0.25) is 0 Å². The summed E-state index contributed by atoms with van der Waals surface area (Å²) in [4.78, 5) is 0. The van der Waals surface area contributed by atoms with Crippen molar-refractivity contribution in [1.29, 1.82) is 0 Å². The first-order valence-electron chi connectivity index (χ1n) is 9.56. The Morgan fingerprint density at radius 1 is 1.21 bits per heavy atom. The SMILES string of the molecule is CCCC(C)(C)COCc1cc(Cl)c2c(c1)CCC21CCNCC1. The van der Waals surface area contributed by atoms with E-state index in [1.165, 1.54) is 55.2 Å². The van der Waals surface area contributed by atoms with Crippen molar-refractivity contribution < 1.29 is 4.74 Å². The molecule has 24 heavy (non-hydrogen) atoms. The Morgan fingerprint density at radius 3 is 2.67 bits per heavy atom. The molecule has 0 aromatic heterocycles. The van der Waals surface area contributed by atoms with E-state index in [0.29, 0.717) is 12.0 Å². The van der Waals surface area contributed by atoms with Crippen LogP contribution in [0.25, 0.3) is 0 Å². The lowest BCUT2D eigenvalue weighted by Crippen LogP contribution is -2.38. The van der Waals surface area contributed by atoms with Crippen LogP contribution < -0.4 is 5.32 Å². The summed E-state index contributed by atoms with van der Waals surface area (Å²) in [5.74, 6) is 0. The molecule has 0 bridgehead atoms. The molecule has 0 radical (unpaired) electrons. The summed E-state index contributed by atoms with van der Waals surface area (Å²) in [6, 6.07) is 4.51. The molecule has 1 saturated heterocycles. The predicted octanol–water partition coefficient (Wildman–Crippen LogP) is 5.25. The molecule has 0 unspecified atom stereocenters. The summed E-state index contributed by atoms with van der Waals surface area (Å²) in [7, 11) is 0. The van der Waals surface area contributed by atoms with E-state index in [2.05, 4.69) is 38.2 Å². The van der Waals surface area contributed by atoms with Gasteiger partial charge in [-0.2, -0.15) is 0 Å². The van der Waals surface area contributed by atoms with Gasteiger partial charge in [-0.05, 0) is 78.8 Å². The van der Waals surface area contributed by atoms with E-state index in [1.54, 1.807) is 0 Å². The zero-order chi connectivity index (χ0) is 17.2. The van der Waals surface area contributed by atoms with Crippen LogP contribution in [-0.2, 0) is 23.2 Å². The van der Waals surface area contributed by atoms with Crippen LogP contribution >= 0.6 is 11.6 Å². The van der Waals surface area contributed by atoms with E-state index in [-0.39, 0.29) is 5.41 Å². The molecule has 3 rings (SSSR count). The summed E-state index contributed by atoms with van der Waals surface area (Å²) < 4.78 is 6.02. The van der Waals surface area contributed by atoms with Crippen molar-refractivity contribution in [3.8, 4) is 0 Å². The van der Waals surface area contributed by atoms with Crippen molar-refractivity contribution in [3.63, 3.8) is 0 Å². The van der Waals surface area contributed by atoms with Crippen molar-refractivity contribution in [1.82, 2.24) is 5.32 Å². The second-order valence-electron chi connectivity index (χ2n) is 8.55. The fourth-order valence-electron chi connectivity index (χ4n) is 4.70. The molecule has 1 fully saturated rings. The highest BCUT2D eigenvalue weighted by Crippen LogP contribution is 2.48. The molecule has 1 spiro atoms. The Kier molecular flexibility index (Phi) is 5.58. The van der Waals surface area contributed by atoms with Crippen LogP contribution in [0.2, 0.25) is 5.02 Å². The summed E-state index contributed by atoms with van der Waals surface area (Å²) in [6.07, 6.45) is 7.29. The lowest BCUT2D eigenvalue weighted by atomic mass is 9.74. The minimum atomic E-state index is 0.258. The highest BCUT2D eigenvalue weighted by molar-refractivity contribution is 6.31. The maximum atomic E-state index is 6.74. The average molecular weight is 350 g/mol. The van der Waals surface area contributed by atoms with Crippen LogP contribution in [0.15, 0.2) is 12.1 Å². The molecule has 0 saturated carbocycles. The van der Waals surface area contributed by atoms with Crippen molar-refractivity contribution in [2.45, 2.75) is 71.3 Å². The average Bonchev–Trinajstić information content (AvgIpc) is 2.86. The van der Waals surface area contributed by atoms with E-state index >= 15 is 0 Å². The standard InChI is InChI=1S/C21H32ClNO/c1-4-6-20(2,3)15-24-14-16-12-17-5-7-21(8-10-23-11-9-21)19(17)18(22)13-16/h12-13,23H,4-11,14-15H2,1-3H3. The first kappa shape index (κ1) is 18.2. The molecule has 0 atom stereocenters. The summed E-state index contributed by atoms with van der Waals surface area (Å²) in [5, 5.41) is 4.46. The van der Waals surface area contributed by atoms with Gasteiger partial charge in [0.25, 0.3) is 0 Å². The Hall–Kier alpha value is -0.570. The number of halogens is 1. The molecule has 134 valence electrons. The van der Waals surface area contributed by atoms with Gasteiger partial charge in [0.1, 0.15) is 0 Å². The van der Waals surface area contributed by atoms with Crippen LogP contribution in [0.1, 0.15) is 69.6 Å². The molecule has 1 aliphatic carbocycles. The third-order valence-electron chi connectivity index (χ3n) is 5.88. The minimum Gasteiger partial charge on any atom is -0.376 e. The number of piperidine rings is 1. The fraction of sp³-hybridized carbons (Fsp3) is 0.714. The van der Waals surface area contributed by atoms with E-state index in [0.717, 1.165) is 24.7 Å². The summed E-state index contributed by atoms with van der Waals surface area (Å²) >= 11 is 6.74. The smallest absolute Gasteiger partial charge is 0.0717 e. The number of rotatable bonds is 6. The predicted molar refractivity (Wildman–Crippen MR) is 102 cm³/mol. The van der Waals surface area contributed by atoms with Gasteiger partial charge in [-0.15, -0.1) is 0 Å². The van der Waals surface area contributed by atoms with Gasteiger partial charge < -0.3 is 10.1 Å². The van der Waals surface area contributed by atoms with Crippen LogP contribution in [0.4, 0.5) is 0 Å². The Balaban J connectivity index is 1.69. The molecule has 0 amide bonds. The molecule has 1 aromatic carbocycles. The Bertz CT molecular complexity index is 575. The largest absolute Gasteiger partial charge is 0.376 e. The van der Waals surface area contributed by atoms with Crippen LogP contribution in [0.3, 0.4) is 0 Å². The van der Waals surface area contributed by atoms with Gasteiger partial charge in [0, 0.05) is 5.02 Å². The lowest BCUT2D eigenvalue weighted by molar-refractivity contribution is 0.0468. The van der Waals surface area contributed by atoms with Crippen molar-refractivity contribution in [2.75, 3.05) is 19.7 Å². The zero-order valence-electron chi connectivity index (χ0n) is 15.5. The fourth-order valence-corrected chi connectivity index (χ4v) is 5.16.